The lowest BCUT2D eigenvalue weighted by Crippen LogP contribution is -2.10. The minimum atomic E-state index is 0.796. The van der Waals surface area contributed by atoms with Crippen molar-refractivity contribution in [3.05, 3.63) is 45.6 Å². The monoisotopic (exact) mass is 380 g/mol. The second-order valence-corrected chi connectivity index (χ2v) is 7.03. The van der Waals surface area contributed by atoms with Crippen molar-refractivity contribution in [1.29, 1.82) is 0 Å². The molecule has 6 heteroatoms. The molecule has 0 radical (unpaired) electrons. The van der Waals surface area contributed by atoms with Crippen LogP contribution in [0.15, 0.2) is 33.8 Å². The lowest BCUT2D eigenvalue weighted by atomic mass is 10.2. The molecule has 0 amide bonds. The van der Waals surface area contributed by atoms with E-state index in [1.54, 1.807) is 26.2 Å². The minimum absolute atomic E-state index is 0.796. The highest BCUT2D eigenvalue weighted by molar-refractivity contribution is 9.10. The van der Waals surface area contributed by atoms with Crippen molar-refractivity contribution < 1.29 is 9.47 Å². The third-order valence-corrected chi connectivity index (χ3v) is 5.44. The normalized spacial score (nSPS) is 14.0. The molecule has 0 unspecified atom stereocenters. The maximum absolute atomic E-state index is 5.47. The number of hydrogen-bond acceptors (Lipinski definition) is 5. The number of pyridine rings is 1. The van der Waals surface area contributed by atoms with E-state index in [4.69, 9.17) is 9.47 Å². The van der Waals surface area contributed by atoms with Crippen LogP contribution < -0.4 is 9.47 Å². The van der Waals surface area contributed by atoms with Gasteiger partial charge < -0.3 is 9.47 Å². The molecule has 22 heavy (non-hydrogen) atoms. The number of hydrogen-bond donors (Lipinski definition) is 0. The Morgan fingerprint density at radius 3 is 2.82 bits per heavy atom. The predicted octanol–water partition coefficient (Wildman–Crippen LogP) is 4.19. The highest BCUT2D eigenvalue weighted by Crippen LogP contribution is 2.38. The minimum Gasteiger partial charge on any atom is -0.497 e. The highest BCUT2D eigenvalue weighted by atomic mass is 79.9. The first-order chi connectivity index (χ1) is 10.6. The molecule has 0 fully saturated rings. The summed E-state index contributed by atoms with van der Waals surface area (Å²) in [6.07, 6.45) is 0. The molecular weight excluding hydrogens is 364 g/mol. The van der Waals surface area contributed by atoms with E-state index in [-0.39, 0.29) is 0 Å². The molecule has 1 aliphatic heterocycles. The molecule has 116 valence electrons. The zero-order valence-electron chi connectivity index (χ0n) is 12.7. The van der Waals surface area contributed by atoms with Crippen LogP contribution in [0.2, 0.25) is 0 Å². The number of methoxy groups -OCH3 is 2. The van der Waals surface area contributed by atoms with Crippen molar-refractivity contribution >= 4 is 27.9 Å². The van der Waals surface area contributed by atoms with Crippen molar-refractivity contribution in [2.75, 3.05) is 14.2 Å². The number of aryl methyl sites for hydroxylation is 1. The topological polar surface area (TPSA) is 34.6 Å². The van der Waals surface area contributed by atoms with Gasteiger partial charge in [0.1, 0.15) is 16.5 Å². The summed E-state index contributed by atoms with van der Waals surface area (Å²) in [6.45, 7) is 3.69. The second kappa shape index (κ2) is 6.48. The molecule has 3 rings (SSSR count). The standard InChI is InChI=1S/C16H17BrN2O2S/c1-10-14(17)6-12-9-19(22-16(12)18-10)8-11-4-5-13(20-2)7-15(11)21-3/h4-7H,8-9H2,1-3H3. The summed E-state index contributed by atoms with van der Waals surface area (Å²) in [5.41, 5.74) is 3.42. The second-order valence-electron chi connectivity index (χ2n) is 5.09. The first-order valence-corrected chi connectivity index (χ1v) is 8.47. The molecule has 1 aromatic heterocycles. The van der Waals surface area contributed by atoms with Gasteiger partial charge in [0.25, 0.3) is 0 Å². The third-order valence-electron chi connectivity index (χ3n) is 3.59. The maximum atomic E-state index is 5.47. The Kier molecular flexibility index (Phi) is 4.61. The van der Waals surface area contributed by atoms with Crippen LogP contribution in [0.3, 0.4) is 0 Å². The van der Waals surface area contributed by atoms with Gasteiger partial charge in [-0.1, -0.05) is 6.07 Å². The zero-order chi connectivity index (χ0) is 15.7. The van der Waals surface area contributed by atoms with Crippen molar-refractivity contribution in [1.82, 2.24) is 9.29 Å². The van der Waals surface area contributed by atoms with E-state index in [9.17, 15) is 0 Å². The average molecular weight is 381 g/mol. The first-order valence-electron chi connectivity index (χ1n) is 6.90. The van der Waals surface area contributed by atoms with Gasteiger partial charge in [0.15, 0.2) is 0 Å². The Bertz CT molecular complexity index is 678. The Morgan fingerprint density at radius 2 is 2.09 bits per heavy atom. The van der Waals surface area contributed by atoms with Crippen LogP contribution in [0, 0.1) is 6.92 Å². The van der Waals surface area contributed by atoms with E-state index < -0.39 is 0 Å². The molecule has 0 atom stereocenters. The number of benzene rings is 1. The van der Waals surface area contributed by atoms with Gasteiger partial charge in [-0.2, -0.15) is 0 Å². The summed E-state index contributed by atoms with van der Waals surface area (Å²) < 4.78 is 14.1. The summed E-state index contributed by atoms with van der Waals surface area (Å²) in [7, 11) is 3.35. The lowest BCUT2D eigenvalue weighted by molar-refractivity contribution is 0.382. The van der Waals surface area contributed by atoms with E-state index in [2.05, 4.69) is 37.4 Å². The van der Waals surface area contributed by atoms with Crippen LogP contribution in [0.5, 0.6) is 11.5 Å². The quantitative estimate of drug-likeness (QED) is 0.742. The van der Waals surface area contributed by atoms with Crippen LogP contribution in [0.4, 0.5) is 0 Å². The van der Waals surface area contributed by atoms with E-state index in [1.807, 2.05) is 19.1 Å². The average Bonchev–Trinajstić information content (AvgIpc) is 2.89. The number of aromatic nitrogens is 1. The zero-order valence-corrected chi connectivity index (χ0v) is 15.1. The van der Waals surface area contributed by atoms with E-state index in [0.717, 1.165) is 45.3 Å². The predicted molar refractivity (Wildman–Crippen MR) is 91.3 cm³/mol. The fourth-order valence-corrected chi connectivity index (χ4v) is 3.83. The largest absolute Gasteiger partial charge is 0.497 e. The SMILES string of the molecule is COc1ccc(CN2Cc3cc(Br)c(C)nc3S2)c(OC)c1. The van der Waals surface area contributed by atoms with Gasteiger partial charge in [-0.25, -0.2) is 9.29 Å². The molecule has 0 saturated carbocycles. The smallest absolute Gasteiger partial charge is 0.127 e. The van der Waals surface area contributed by atoms with Crippen molar-refractivity contribution in [2.45, 2.75) is 25.0 Å². The van der Waals surface area contributed by atoms with E-state index >= 15 is 0 Å². The van der Waals surface area contributed by atoms with Crippen molar-refractivity contribution in [3.63, 3.8) is 0 Å². The van der Waals surface area contributed by atoms with Crippen LogP contribution in [0.1, 0.15) is 16.8 Å². The molecule has 2 heterocycles. The first kappa shape index (κ1) is 15.6. The number of nitrogens with zero attached hydrogens (tertiary/aromatic N) is 2. The van der Waals surface area contributed by atoms with Crippen LogP contribution in [-0.4, -0.2) is 23.5 Å². The summed E-state index contributed by atoms with van der Waals surface area (Å²) in [5.74, 6) is 1.65. The lowest BCUT2D eigenvalue weighted by Gasteiger charge is -2.16. The number of rotatable bonds is 4. The van der Waals surface area contributed by atoms with Crippen LogP contribution in [0.25, 0.3) is 0 Å². The van der Waals surface area contributed by atoms with Gasteiger partial charge in [0, 0.05) is 34.8 Å². The van der Waals surface area contributed by atoms with Crippen LogP contribution >= 0.6 is 27.9 Å². The molecule has 0 spiro atoms. The molecule has 0 bridgehead atoms. The van der Waals surface area contributed by atoms with Crippen LogP contribution in [-0.2, 0) is 13.1 Å². The molecule has 0 saturated heterocycles. The van der Waals surface area contributed by atoms with Gasteiger partial charge in [-0.05, 0) is 46.9 Å². The summed E-state index contributed by atoms with van der Waals surface area (Å²) >= 11 is 5.25. The van der Waals surface area contributed by atoms with Gasteiger partial charge >= 0.3 is 0 Å². The fraction of sp³-hybridized carbons (Fsp3) is 0.312. The molecule has 1 aliphatic rings. The Balaban J connectivity index is 1.78. The summed E-state index contributed by atoms with van der Waals surface area (Å²) in [4.78, 5) is 4.64. The number of fused-ring (bicyclic) bond motifs is 1. The van der Waals surface area contributed by atoms with Crippen molar-refractivity contribution in [3.8, 4) is 11.5 Å². The molecule has 0 aliphatic carbocycles. The van der Waals surface area contributed by atoms with Gasteiger partial charge in [-0.15, -0.1) is 0 Å². The molecule has 0 N–H and O–H groups in total. The summed E-state index contributed by atoms with van der Waals surface area (Å²) in [6, 6.07) is 8.10. The number of halogens is 1. The van der Waals surface area contributed by atoms with Gasteiger partial charge in [0.2, 0.25) is 0 Å². The highest BCUT2D eigenvalue weighted by Gasteiger charge is 2.23. The Morgan fingerprint density at radius 1 is 1.27 bits per heavy atom. The van der Waals surface area contributed by atoms with Gasteiger partial charge in [0.05, 0.1) is 19.9 Å². The maximum Gasteiger partial charge on any atom is 0.127 e. The summed E-state index contributed by atoms with van der Waals surface area (Å²) in [5, 5.41) is 1.09. The molecular formula is C16H17BrN2O2S. The Hall–Kier alpha value is -1.24. The molecule has 1 aromatic carbocycles. The van der Waals surface area contributed by atoms with Crippen molar-refractivity contribution in [2.24, 2.45) is 0 Å². The van der Waals surface area contributed by atoms with E-state index in [1.165, 1.54) is 5.56 Å². The fourth-order valence-electron chi connectivity index (χ4n) is 2.39. The molecule has 2 aromatic rings. The van der Waals surface area contributed by atoms with Gasteiger partial charge in [-0.3, -0.25) is 0 Å². The third kappa shape index (κ3) is 3.09. The molecule has 4 nitrogen and oxygen atoms in total. The number of ether oxygens (including phenoxy) is 2. The van der Waals surface area contributed by atoms with E-state index in [0.29, 0.717) is 0 Å². The Labute approximate surface area is 143 Å².